The van der Waals surface area contributed by atoms with E-state index < -0.39 is 23.9 Å². The largest absolute Gasteiger partial charge is 0.478 e. The van der Waals surface area contributed by atoms with Crippen LogP contribution in [0.3, 0.4) is 0 Å². The number of benzene rings is 4. The Labute approximate surface area is 421 Å². The Hall–Kier alpha value is -7.88. The summed E-state index contributed by atoms with van der Waals surface area (Å²) in [5.74, 6) is -3.39. The number of aliphatic hydroxyl groups excluding tert-OH is 3. The van der Waals surface area contributed by atoms with Gasteiger partial charge < -0.3 is 49.2 Å². The molecule has 26 nitrogen and oxygen atoms in total. The smallest absolute Gasteiger partial charge is 0.338 e. The summed E-state index contributed by atoms with van der Waals surface area (Å²) in [5.41, 5.74) is 2.15. The molecule has 0 saturated carbocycles. The molecular formula is C47H62N12O14. The summed E-state index contributed by atoms with van der Waals surface area (Å²) in [6.07, 6.45) is 0. The van der Waals surface area contributed by atoms with Crippen molar-refractivity contribution in [2.75, 3.05) is 127 Å². The third kappa shape index (κ3) is 24.2. The number of rotatable bonds is 33. The number of aliphatic hydroxyl groups is 3. The van der Waals surface area contributed by atoms with Crippen molar-refractivity contribution in [2.24, 2.45) is 41.4 Å². The number of esters is 2. The highest BCUT2D eigenvalue weighted by Gasteiger charge is 2.14. The molecule has 0 aliphatic carbocycles. The van der Waals surface area contributed by atoms with Crippen LogP contribution >= 0.6 is 0 Å². The van der Waals surface area contributed by atoms with Crippen molar-refractivity contribution < 1.29 is 68.4 Å². The van der Waals surface area contributed by atoms with Crippen molar-refractivity contribution in [1.29, 1.82) is 0 Å². The van der Waals surface area contributed by atoms with Gasteiger partial charge in [0.15, 0.2) is 0 Å². The Morgan fingerprint density at radius 2 is 0.658 bits per heavy atom. The fourth-order valence-corrected chi connectivity index (χ4v) is 5.65. The Balaban J connectivity index is 0.000000655. The molecule has 0 aliphatic rings. The summed E-state index contributed by atoms with van der Waals surface area (Å²) >= 11 is 0. The van der Waals surface area contributed by atoms with Gasteiger partial charge in [0.1, 0.15) is 13.2 Å². The predicted octanol–water partition coefficient (Wildman–Crippen LogP) is 5.60. The van der Waals surface area contributed by atoms with Crippen LogP contribution in [0.5, 0.6) is 0 Å². The second-order valence-corrected chi connectivity index (χ2v) is 14.8. The summed E-state index contributed by atoms with van der Waals surface area (Å²) in [5, 5.41) is 83.8. The van der Waals surface area contributed by atoms with E-state index >= 15 is 0 Å². The molecule has 394 valence electrons. The molecule has 0 heterocycles. The van der Waals surface area contributed by atoms with E-state index in [-0.39, 0.29) is 93.7 Å². The molecule has 4 aromatic rings. The van der Waals surface area contributed by atoms with Crippen LogP contribution < -0.4 is 0 Å². The lowest BCUT2D eigenvalue weighted by Gasteiger charge is -2.18. The zero-order chi connectivity index (χ0) is 53.1. The van der Waals surface area contributed by atoms with Gasteiger partial charge in [-0.15, -0.1) is 20.5 Å². The maximum absolute atomic E-state index is 13.0. The minimum absolute atomic E-state index is 0.0307. The zero-order valence-corrected chi connectivity index (χ0v) is 40.8. The summed E-state index contributed by atoms with van der Waals surface area (Å²) in [4.78, 5) is 48.1. The van der Waals surface area contributed by atoms with Gasteiger partial charge >= 0.3 is 23.9 Å². The number of carboxylic acids is 2. The molecule has 0 spiro atoms. The van der Waals surface area contributed by atoms with Gasteiger partial charge in [-0.3, -0.25) is 20.0 Å². The van der Waals surface area contributed by atoms with Gasteiger partial charge in [0.2, 0.25) is 0 Å². The number of hydrogen-bond acceptors (Lipinski definition) is 20. The first kappa shape index (κ1) is 59.4. The van der Waals surface area contributed by atoms with Crippen LogP contribution in [0, 0.1) is 0 Å². The van der Waals surface area contributed by atoms with Gasteiger partial charge in [0.05, 0.1) is 137 Å². The highest BCUT2D eigenvalue weighted by molar-refractivity contribution is 5.91. The van der Waals surface area contributed by atoms with Crippen LogP contribution in [-0.4, -0.2) is 196 Å². The summed E-state index contributed by atoms with van der Waals surface area (Å²) in [7, 11) is 4.75. The number of methoxy groups -OCH3 is 3. The molecule has 0 atom stereocenters. The lowest BCUT2D eigenvalue weighted by molar-refractivity contribution is 0.0390. The van der Waals surface area contributed by atoms with Crippen molar-refractivity contribution in [1.82, 2.24) is 20.0 Å². The molecule has 0 unspecified atom stereocenters. The number of carboxylic acid groups (broad SMARTS) is 2. The second-order valence-electron chi connectivity index (χ2n) is 14.8. The van der Waals surface area contributed by atoms with E-state index in [2.05, 4.69) is 41.4 Å². The van der Waals surface area contributed by atoms with Gasteiger partial charge in [-0.05, 0) is 72.8 Å². The molecular weight excluding hydrogens is 957 g/mol. The standard InChI is InChI=1S/C36H47N9O10.C11H15N3O4/c1-51-20-14-43(13-19-46)40-38-32-11-5-8-29(26-32)35(49)54-23-17-45(42-37-31-10-4-7-28(25-31)34(47)48)18-24-55-36(50)30-9-6-12-33(27-30)39-41-44(15-21-52-2)16-22-53-3;15-6-4-14(5-7-16)13-12-10-3-1-2-9(8-10)11(17)18/h4-12,25-27,46H,13-24H2,1-3H3,(H,47,48);1-3,8,15-16H,4-7H2,(H,17,18). The van der Waals surface area contributed by atoms with Crippen LogP contribution in [0.4, 0.5) is 22.7 Å². The SMILES string of the molecule is COCCN(CCO)N=Nc1cccc(C(=O)OCCN(CCOC(=O)c2cccc(N=NN(CCOC)CCOC)c2)N=Nc2cccc(C(=O)O)c2)c1.O=C(O)c1cccc(N=NN(CCO)CCO)c1. The van der Waals surface area contributed by atoms with E-state index in [9.17, 15) is 29.4 Å². The van der Waals surface area contributed by atoms with E-state index in [0.29, 0.717) is 56.5 Å². The molecule has 0 amide bonds. The molecule has 5 N–H and O–H groups in total. The highest BCUT2D eigenvalue weighted by atomic mass is 16.5. The van der Waals surface area contributed by atoms with E-state index in [4.69, 9.17) is 39.0 Å². The van der Waals surface area contributed by atoms with Gasteiger partial charge in [-0.1, -0.05) is 45.2 Å². The average molecular weight is 1020 g/mol. The van der Waals surface area contributed by atoms with Crippen molar-refractivity contribution in [3.05, 3.63) is 119 Å². The molecule has 0 fully saturated rings. The quantitative estimate of drug-likeness (QED) is 0.0220. The van der Waals surface area contributed by atoms with E-state index in [1.165, 1.54) is 46.4 Å². The van der Waals surface area contributed by atoms with Gasteiger partial charge in [0, 0.05) is 21.3 Å². The monoisotopic (exact) mass is 1020 g/mol. The number of nitrogens with zero attached hydrogens (tertiary/aromatic N) is 12. The van der Waals surface area contributed by atoms with Gasteiger partial charge in [0.25, 0.3) is 0 Å². The van der Waals surface area contributed by atoms with Crippen molar-refractivity contribution in [2.45, 2.75) is 0 Å². The van der Waals surface area contributed by atoms with Crippen LogP contribution in [0.25, 0.3) is 0 Å². The van der Waals surface area contributed by atoms with Crippen molar-refractivity contribution in [3.8, 4) is 0 Å². The molecule has 73 heavy (non-hydrogen) atoms. The molecule has 4 rings (SSSR count). The number of carbonyl (C=O) groups excluding carboxylic acids is 2. The van der Waals surface area contributed by atoms with Crippen LogP contribution in [0.15, 0.2) is 138 Å². The Morgan fingerprint density at radius 1 is 0.397 bits per heavy atom. The van der Waals surface area contributed by atoms with E-state index in [0.717, 1.165) is 0 Å². The van der Waals surface area contributed by atoms with Gasteiger partial charge in [-0.25, -0.2) is 19.2 Å². The van der Waals surface area contributed by atoms with Crippen LogP contribution in [0.2, 0.25) is 0 Å². The lowest BCUT2D eigenvalue weighted by atomic mass is 10.2. The van der Waals surface area contributed by atoms with Gasteiger partial charge in [-0.2, -0.15) is 0 Å². The normalized spacial score (nSPS) is 11.2. The molecule has 0 aliphatic heterocycles. The third-order valence-corrected chi connectivity index (χ3v) is 9.40. The Kier molecular flexibility index (Phi) is 28.7. The maximum atomic E-state index is 13.0. The first-order valence-electron chi connectivity index (χ1n) is 22.6. The number of ether oxygens (including phenoxy) is 5. The summed E-state index contributed by atoms with van der Waals surface area (Å²) in [6, 6.07) is 24.8. The molecule has 0 bridgehead atoms. The fraction of sp³-hybridized carbons (Fsp3) is 0.404. The molecule has 0 radical (unpaired) electrons. The van der Waals surface area contributed by atoms with E-state index in [1.54, 1.807) is 92.0 Å². The Morgan fingerprint density at radius 3 is 0.945 bits per heavy atom. The third-order valence-electron chi connectivity index (χ3n) is 9.40. The number of aromatic carboxylic acids is 2. The minimum atomic E-state index is -1.12. The first-order chi connectivity index (χ1) is 35.4. The van der Waals surface area contributed by atoms with Crippen molar-refractivity contribution >= 4 is 46.6 Å². The average Bonchev–Trinajstić information content (AvgIpc) is 3.40. The lowest BCUT2D eigenvalue weighted by Crippen LogP contribution is -2.27. The molecule has 0 aromatic heterocycles. The van der Waals surface area contributed by atoms with Crippen LogP contribution in [0.1, 0.15) is 41.4 Å². The number of hydrogen-bond donors (Lipinski definition) is 5. The topological polar surface area (TPSA) is 327 Å². The maximum Gasteiger partial charge on any atom is 0.338 e. The fourth-order valence-electron chi connectivity index (χ4n) is 5.65. The number of carbonyl (C=O) groups is 4. The first-order valence-corrected chi connectivity index (χ1v) is 22.6. The summed E-state index contributed by atoms with van der Waals surface area (Å²) < 4.78 is 26.3. The zero-order valence-electron chi connectivity index (χ0n) is 40.8. The molecule has 26 heteroatoms. The molecule has 4 aromatic carbocycles. The Bertz CT molecular complexity index is 2400. The second kappa shape index (κ2) is 35.3. The highest BCUT2D eigenvalue weighted by Crippen LogP contribution is 2.19. The van der Waals surface area contributed by atoms with E-state index in [1.807, 2.05) is 0 Å². The minimum Gasteiger partial charge on any atom is -0.478 e. The van der Waals surface area contributed by atoms with Crippen molar-refractivity contribution in [3.63, 3.8) is 0 Å². The predicted molar refractivity (Wildman–Crippen MR) is 261 cm³/mol. The summed E-state index contributed by atoms with van der Waals surface area (Å²) in [6.45, 7) is 3.06. The van der Waals surface area contributed by atoms with Crippen LogP contribution in [-0.2, 0) is 23.7 Å². The molecule has 0 saturated heterocycles.